The van der Waals surface area contributed by atoms with E-state index in [4.69, 9.17) is 4.74 Å². The summed E-state index contributed by atoms with van der Waals surface area (Å²) in [5.74, 6) is 1.01. The van der Waals surface area contributed by atoms with E-state index < -0.39 is 0 Å². The van der Waals surface area contributed by atoms with Gasteiger partial charge in [0.1, 0.15) is 5.75 Å². The summed E-state index contributed by atoms with van der Waals surface area (Å²) in [5, 5.41) is 0. The highest BCUT2D eigenvalue weighted by Gasteiger charge is 2.20. The first-order chi connectivity index (χ1) is 11.1. The van der Waals surface area contributed by atoms with Gasteiger partial charge >= 0.3 is 0 Å². The van der Waals surface area contributed by atoms with Gasteiger partial charge in [-0.1, -0.05) is 37.8 Å². The standard InChI is InChI=1S/C19H30N2O2/c1-20(17-10-6-4-5-7-11-17)15-19(22)21(2)14-16-9-8-12-18(13-16)23-3/h8-9,12-13,17H,4-7,10-11,14-15H2,1-3H3. The molecule has 1 aliphatic rings. The number of hydrogen-bond acceptors (Lipinski definition) is 3. The number of rotatable bonds is 6. The minimum Gasteiger partial charge on any atom is -0.497 e. The molecule has 4 heteroatoms. The number of nitrogens with zero attached hydrogens (tertiary/aromatic N) is 2. The van der Waals surface area contributed by atoms with Gasteiger partial charge in [0.2, 0.25) is 5.91 Å². The molecule has 0 unspecified atom stereocenters. The van der Waals surface area contributed by atoms with Crippen molar-refractivity contribution in [1.29, 1.82) is 0 Å². The van der Waals surface area contributed by atoms with Gasteiger partial charge in [0, 0.05) is 19.6 Å². The van der Waals surface area contributed by atoms with Gasteiger partial charge in [-0.2, -0.15) is 0 Å². The van der Waals surface area contributed by atoms with E-state index in [0.717, 1.165) is 11.3 Å². The van der Waals surface area contributed by atoms with E-state index in [1.54, 1.807) is 7.11 Å². The lowest BCUT2D eigenvalue weighted by Crippen LogP contribution is -2.41. The molecule has 0 aliphatic heterocycles. The van der Waals surface area contributed by atoms with Gasteiger partial charge in [-0.3, -0.25) is 9.69 Å². The van der Waals surface area contributed by atoms with Crippen molar-refractivity contribution in [2.24, 2.45) is 0 Å². The minimum atomic E-state index is 0.180. The average Bonchev–Trinajstić information content (AvgIpc) is 2.84. The van der Waals surface area contributed by atoms with Gasteiger partial charge in [0.15, 0.2) is 0 Å². The van der Waals surface area contributed by atoms with Crippen molar-refractivity contribution in [3.05, 3.63) is 29.8 Å². The van der Waals surface area contributed by atoms with Gasteiger partial charge in [-0.25, -0.2) is 0 Å². The maximum Gasteiger partial charge on any atom is 0.236 e. The smallest absolute Gasteiger partial charge is 0.236 e. The van der Waals surface area contributed by atoms with Crippen LogP contribution in [0.1, 0.15) is 44.1 Å². The van der Waals surface area contributed by atoms with Crippen LogP contribution < -0.4 is 4.74 Å². The Kier molecular flexibility index (Phi) is 6.90. The quantitative estimate of drug-likeness (QED) is 0.754. The molecular formula is C19H30N2O2. The normalized spacial score (nSPS) is 16.2. The number of carbonyl (C=O) groups is 1. The number of methoxy groups -OCH3 is 1. The number of amides is 1. The molecule has 1 fully saturated rings. The van der Waals surface area contributed by atoms with Crippen LogP contribution in [0.2, 0.25) is 0 Å². The molecule has 0 atom stereocenters. The van der Waals surface area contributed by atoms with Crippen molar-refractivity contribution in [2.75, 3.05) is 27.7 Å². The molecule has 4 nitrogen and oxygen atoms in total. The summed E-state index contributed by atoms with van der Waals surface area (Å²) < 4.78 is 5.24. The van der Waals surface area contributed by atoms with Crippen molar-refractivity contribution in [3.8, 4) is 5.75 Å². The zero-order valence-corrected chi connectivity index (χ0v) is 14.8. The van der Waals surface area contributed by atoms with Crippen molar-refractivity contribution in [2.45, 2.75) is 51.1 Å². The Bertz CT molecular complexity index is 496. The second-order valence-electron chi connectivity index (χ2n) is 6.66. The van der Waals surface area contributed by atoms with Crippen molar-refractivity contribution in [1.82, 2.24) is 9.80 Å². The summed E-state index contributed by atoms with van der Waals surface area (Å²) in [7, 11) is 5.63. The van der Waals surface area contributed by atoms with Crippen LogP contribution in [-0.2, 0) is 11.3 Å². The van der Waals surface area contributed by atoms with Gasteiger partial charge in [0.05, 0.1) is 13.7 Å². The van der Waals surface area contributed by atoms with E-state index in [-0.39, 0.29) is 5.91 Å². The predicted octanol–water partition coefficient (Wildman–Crippen LogP) is 3.31. The molecule has 1 aromatic rings. The molecular weight excluding hydrogens is 288 g/mol. The highest BCUT2D eigenvalue weighted by Crippen LogP contribution is 2.21. The summed E-state index contributed by atoms with van der Waals surface area (Å²) in [5.41, 5.74) is 1.09. The fraction of sp³-hybridized carbons (Fsp3) is 0.632. The molecule has 1 aliphatic carbocycles. The van der Waals surface area contributed by atoms with E-state index in [0.29, 0.717) is 19.1 Å². The number of likely N-dealkylation sites (N-methyl/N-ethyl adjacent to an activating group) is 2. The van der Waals surface area contributed by atoms with Crippen LogP contribution in [0, 0.1) is 0 Å². The van der Waals surface area contributed by atoms with Crippen LogP contribution in [0.4, 0.5) is 0 Å². The Labute approximate surface area is 140 Å². The highest BCUT2D eigenvalue weighted by molar-refractivity contribution is 5.78. The first kappa shape index (κ1) is 17.8. The van der Waals surface area contributed by atoms with Gasteiger partial charge in [-0.15, -0.1) is 0 Å². The number of ether oxygens (including phenoxy) is 1. The second-order valence-corrected chi connectivity index (χ2v) is 6.66. The SMILES string of the molecule is COc1cccc(CN(C)C(=O)CN(C)C2CCCCCC2)c1. The molecule has 0 radical (unpaired) electrons. The van der Waals surface area contributed by atoms with E-state index in [9.17, 15) is 4.79 Å². The minimum absolute atomic E-state index is 0.180. The lowest BCUT2D eigenvalue weighted by atomic mass is 10.1. The summed E-state index contributed by atoms with van der Waals surface area (Å²) in [4.78, 5) is 16.5. The molecule has 2 rings (SSSR count). The molecule has 0 spiro atoms. The molecule has 1 aromatic carbocycles. The third-order valence-electron chi connectivity index (χ3n) is 4.81. The fourth-order valence-electron chi connectivity index (χ4n) is 3.29. The van der Waals surface area contributed by atoms with E-state index in [1.165, 1.54) is 38.5 Å². The summed E-state index contributed by atoms with van der Waals surface area (Å²) >= 11 is 0. The van der Waals surface area contributed by atoms with Crippen LogP contribution >= 0.6 is 0 Å². The molecule has 1 amide bonds. The Hall–Kier alpha value is -1.55. The lowest BCUT2D eigenvalue weighted by Gasteiger charge is -2.28. The monoisotopic (exact) mass is 318 g/mol. The van der Waals surface area contributed by atoms with Crippen molar-refractivity contribution < 1.29 is 9.53 Å². The average molecular weight is 318 g/mol. The van der Waals surface area contributed by atoms with Gasteiger partial charge in [-0.05, 0) is 37.6 Å². The Morgan fingerprint density at radius 2 is 1.87 bits per heavy atom. The molecule has 23 heavy (non-hydrogen) atoms. The van der Waals surface area contributed by atoms with Gasteiger partial charge in [0.25, 0.3) is 0 Å². The molecule has 1 saturated carbocycles. The molecule has 0 saturated heterocycles. The molecule has 0 N–H and O–H groups in total. The molecule has 0 bridgehead atoms. The van der Waals surface area contributed by atoms with E-state index >= 15 is 0 Å². The maximum absolute atomic E-state index is 12.5. The highest BCUT2D eigenvalue weighted by atomic mass is 16.5. The second kappa shape index (κ2) is 8.92. The number of carbonyl (C=O) groups excluding carboxylic acids is 1. The van der Waals surface area contributed by atoms with Crippen LogP contribution in [0.15, 0.2) is 24.3 Å². The third-order valence-corrected chi connectivity index (χ3v) is 4.81. The molecule has 0 aromatic heterocycles. The first-order valence-electron chi connectivity index (χ1n) is 8.67. The van der Waals surface area contributed by atoms with Crippen LogP contribution in [0.3, 0.4) is 0 Å². The largest absolute Gasteiger partial charge is 0.497 e. The van der Waals surface area contributed by atoms with Crippen LogP contribution in [0.5, 0.6) is 5.75 Å². The summed E-state index contributed by atoms with van der Waals surface area (Å²) in [6.45, 7) is 1.12. The van der Waals surface area contributed by atoms with Crippen LogP contribution in [-0.4, -0.2) is 49.5 Å². The number of benzene rings is 1. The Morgan fingerprint density at radius 3 is 2.52 bits per heavy atom. The van der Waals surface area contributed by atoms with Crippen molar-refractivity contribution >= 4 is 5.91 Å². The summed E-state index contributed by atoms with van der Waals surface area (Å²) in [6.07, 6.45) is 7.72. The summed E-state index contributed by atoms with van der Waals surface area (Å²) in [6, 6.07) is 8.46. The first-order valence-corrected chi connectivity index (χ1v) is 8.67. The predicted molar refractivity (Wildman–Crippen MR) is 93.6 cm³/mol. The molecule has 128 valence electrons. The zero-order chi connectivity index (χ0) is 16.7. The fourth-order valence-corrected chi connectivity index (χ4v) is 3.29. The Balaban J connectivity index is 1.86. The third kappa shape index (κ3) is 5.54. The van der Waals surface area contributed by atoms with E-state index in [2.05, 4.69) is 11.9 Å². The zero-order valence-electron chi connectivity index (χ0n) is 14.8. The molecule has 0 heterocycles. The Morgan fingerprint density at radius 1 is 1.17 bits per heavy atom. The van der Waals surface area contributed by atoms with Gasteiger partial charge < -0.3 is 9.64 Å². The number of hydrogen-bond donors (Lipinski definition) is 0. The lowest BCUT2D eigenvalue weighted by molar-refractivity contribution is -0.131. The van der Waals surface area contributed by atoms with Crippen molar-refractivity contribution in [3.63, 3.8) is 0 Å². The van der Waals surface area contributed by atoms with E-state index in [1.807, 2.05) is 36.2 Å². The topological polar surface area (TPSA) is 32.8 Å². The van der Waals surface area contributed by atoms with Crippen LogP contribution in [0.25, 0.3) is 0 Å². The maximum atomic E-state index is 12.5.